The number of carboxylic acid groups (broad SMARTS) is 2. The molecule has 17 heteroatoms. The molecular weight excluding hydrogens is 628 g/mol. The van der Waals surface area contributed by atoms with Gasteiger partial charge in [0.05, 0.1) is 36.7 Å². The number of aromatic nitrogens is 1. The number of methoxy groups -OCH3 is 4. The third-order valence-electron chi connectivity index (χ3n) is 4.83. The number of nitrogens with zero attached hydrogens (tertiary/aromatic N) is 1. The average Bonchev–Trinajstić information content (AvgIpc) is 3.83. The van der Waals surface area contributed by atoms with Crippen molar-refractivity contribution in [2.45, 2.75) is 6.29 Å². The van der Waals surface area contributed by atoms with Gasteiger partial charge in [-0.15, -0.1) is 34.0 Å². The number of amides is 1. The molecule has 4 aromatic rings. The monoisotopic (exact) mass is 654 g/mol. The van der Waals surface area contributed by atoms with Gasteiger partial charge < -0.3 is 38.9 Å². The molecule has 4 rings (SSSR count). The first-order valence-electron chi connectivity index (χ1n) is 11.7. The number of carbonyl (C=O) groups is 5. The molecule has 0 spiro atoms. The van der Waals surface area contributed by atoms with Gasteiger partial charge in [-0.05, 0) is 36.4 Å². The van der Waals surface area contributed by atoms with Crippen molar-refractivity contribution < 1.29 is 57.6 Å². The summed E-state index contributed by atoms with van der Waals surface area (Å²) in [5, 5.41) is 19.8. The molecule has 0 saturated heterocycles. The zero-order chi connectivity index (χ0) is 31.9. The minimum absolute atomic E-state index is 0.135. The van der Waals surface area contributed by atoms with Crippen LogP contribution in [0, 0.1) is 0 Å². The number of oxazole rings is 1. The number of aromatic carboxylic acids is 2. The van der Waals surface area contributed by atoms with Gasteiger partial charge in [0.1, 0.15) is 25.8 Å². The number of thiophene rings is 3. The molecule has 0 unspecified atom stereocenters. The molecule has 0 atom stereocenters. The largest absolute Gasteiger partial charge is 0.477 e. The molecule has 3 N–H and O–H groups in total. The fourth-order valence-electron chi connectivity index (χ4n) is 2.77. The van der Waals surface area contributed by atoms with Gasteiger partial charge >= 0.3 is 23.9 Å². The third-order valence-corrected chi connectivity index (χ3v) is 8.01. The maximum absolute atomic E-state index is 11.7. The summed E-state index contributed by atoms with van der Waals surface area (Å²) < 4.78 is 23.9. The zero-order valence-corrected chi connectivity index (χ0v) is 25.5. The van der Waals surface area contributed by atoms with Crippen molar-refractivity contribution in [2.75, 3.05) is 35.0 Å². The van der Waals surface area contributed by atoms with Crippen molar-refractivity contribution in [2.24, 2.45) is 0 Å². The van der Waals surface area contributed by atoms with Crippen LogP contribution in [-0.2, 0) is 18.9 Å². The van der Waals surface area contributed by atoms with Crippen LogP contribution in [0.3, 0.4) is 0 Å². The molecule has 1 amide bonds. The van der Waals surface area contributed by atoms with E-state index in [1.54, 1.807) is 18.2 Å². The van der Waals surface area contributed by atoms with Gasteiger partial charge in [0, 0.05) is 14.2 Å². The number of carboxylic acids is 2. The highest BCUT2D eigenvalue weighted by Crippen LogP contribution is 2.26. The second kappa shape index (κ2) is 17.5. The van der Waals surface area contributed by atoms with Gasteiger partial charge in [-0.1, -0.05) is 0 Å². The third kappa shape index (κ3) is 10.7. The number of hydrogen-bond donors (Lipinski definition) is 3. The number of esters is 2. The molecule has 0 fully saturated rings. The fourth-order valence-corrected chi connectivity index (χ4v) is 5.16. The Bertz CT molecular complexity index is 1500. The van der Waals surface area contributed by atoms with E-state index >= 15 is 0 Å². The number of hydrogen-bond acceptors (Lipinski definition) is 14. The van der Waals surface area contributed by atoms with Crippen molar-refractivity contribution in [3.63, 3.8) is 0 Å². The Labute approximate surface area is 256 Å². The Morgan fingerprint density at radius 3 is 1.70 bits per heavy atom. The van der Waals surface area contributed by atoms with Crippen molar-refractivity contribution in [3.05, 3.63) is 73.2 Å². The number of nitrogens with one attached hydrogen (secondary N) is 1. The van der Waals surface area contributed by atoms with Crippen LogP contribution in [0.25, 0.3) is 10.8 Å². The quantitative estimate of drug-likeness (QED) is 0.162. The minimum Gasteiger partial charge on any atom is -0.477 e. The Morgan fingerprint density at radius 1 is 0.767 bits per heavy atom. The molecule has 0 aromatic carbocycles. The summed E-state index contributed by atoms with van der Waals surface area (Å²) in [5.41, 5.74) is 0. The SMILES string of the molecule is COC(=O)c1ccc(C(=O)NCC(OC)OC)s1.COC(=O)c1ccc(C(=O)O)s1.O=C(O)c1ccc(-c2ncco2)s1. The van der Waals surface area contributed by atoms with Crippen LogP contribution < -0.4 is 5.32 Å². The molecule has 230 valence electrons. The molecule has 43 heavy (non-hydrogen) atoms. The lowest BCUT2D eigenvalue weighted by Crippen LogP contribution is -2.33. The fraction of sp³-hybridized carbons (Fsp3) is 0.231. The highest BCUT2D eigenvalue weighted by Gasteiger charge is 2.15. The molecule has 0 saturated carbocycles. The van der Waals surface area contributed by atoms with Gasteiger partial charge in [-0.3, -0.25) is 4.79 Å². The van der Waals surface area contributed by atoms with E-state index in [1.165, 1.54) is 59.1 Å². The molecular formula is C26H26N2O12S3. The van der Waals surface area contributed by atoms with Crippen LogP contribution in [0.15, 0.2) is 53.3 Å². The van der Waals surface area contributed by atoms with Gasteiger partial charge in [-0.25, -0.2) is 24.2 Å². The first kappa shape index (κ1) is 34.8. The summed E-state index contributed by atoms with van der Waals surface area (Å²) in [6, 6.07) is 9.14. The molecule has 0 radical (unpaired) electrons. The Balaban J connectivity index is 0.000000231. The van der Waals surface area contributed by atoms with Crippen molar-refractivity contribution in [1.82, 2.24) is 10.3 Å². The van der Waals surface area contributed by atoms with Gasteiger partial charge in [-0.2, -0.15) is 0 Å². The van der Waals surface area contributed by atoms with Crippen molar-refractivity contribution >= 4 is 63.8 Å². The Hall–Kier alpha value is -4.42. The first-order valence-corrected chi connectivity index (χ1v) is 14.2. The predicted octanol–water partition coefficient (Wildman–Crippen LogP) is 4.22. The lowest BCUT2D eigenvalue weighted by molar-refractivity contribution is -0.0974. The summed E-state index contributed by atoms with van der Waals surface area (Å²) >= 11 is 3.11. The van der Waals surface area contributed by atoms with Crippen LogP contribution in [0.5, 0.6) is 0 Å². The zero-order valence-electron chi connectivity index (χ0n) is 23.1. The smallest absolute Gasteiger partial charge is 0.348 e. The highest BCUT2D eigenvalue weighted by atomic mass is 32.1. The van der Waals surface area contributed by atoms with E-state index in [-0.39, 0.29) is 22.2 Å². The van der Waals surface area contributed by atoms with E-state index in [2.05, 4.69) is 19.8 Å². The number of carbonyl (C=O) groups excluding carboxylic acids is 3. The topological polar surface area (TPSA) is 201 Å². The maximum atomic E-state index is 11.7. The summed E-state index contributed by atoms with van der Waals surface area (Å²) in [4.78, 5) is 60.9. The van der Waals surface area contributed by atoms with E-state index in [9.17, 15) is 24.0 Å². The van der Waals surface area contributed by atoms with E-state index in [0.29, 0.717) is 20.5 Å². The van der Waals surface area contributed by atoms with Crippen LogP contribution in [-0.4, -0.2) is 86.3 Å². The second-order valence-electron chi connectivity index (χ2n) is 7.53. The highest BCUT2D eigenvalue weighted by molar-refractivity contribution is 7.17. The van der Waals surface area contributed by atoms with Crippen LogP contribution in [0.2, 0.25) is 0 Å². The van der Waals surface area contributed by atoms with Gasteiger partial charge in [0.25, 0.3) is 5.91 Å². The number of ether oxygens (including phenoxy) is 4. The van der Waals surface area contributed by atoms with Gasteiger partial charge in [0.15, 0.2) is 6.29 Å². The molecule has 0 aliphatic heterocycles. The average molecular weight is 655 g/mol. The van der Waals surface area contributed by atoms with Gasteiger partial charge in [0.2, 0.25) is 5.89 Å². The number of rotatable bonds is 10. The maximum Gasteiger partial charge on any atom is 0.348 e. The minimum atomic E-state index is -1.03. The van der Waals surface area contributed by atoms with E-state index in [4.69, 9.17) is 24.1 Å². The molecule has 14 nitrogen and oxygen atoms in total. The standard InChI is InChI=1S/C11H15NO5S.C8H5NO3S.C7H6O4S/c1-15-9(16-2)6-12-10(13)7-4-5-8(18-7)11(14)17-3;10-8(11)6-2-1-5(13-6)7-9-3-4-12-7;1-11-7(10)5-3-2-4(12-5)6(8)9/h4-5,9H,6H2,1-3H3,(H,12,13);1-4H,(H,10,11);2-3H,1H3,(H,8,9). The molecule has 4 heterocycles. The molecule has 0 bridgehead atoms. The van der Waals surface area contributed by atoms with Crippen molar-refractivity contribution in [1.29, 1.82) is 0 Å². The summed E-state index contributed by atoms with van der Waals surface area (Å²) in [6.45, 7) is 0.233. The summed E-state index contributed by atoms with van der Waals surface area (Å²) in [7, 11) is 5.52. The molecule has 0 aliphatic rings. The van der Waals surface area contributed by atoms with Crippen molar-refractivity contribution in [3.8, 4) is 10.8 Å². The predicted molar refractivity (Wildman–Crippen MR) is 155 cm³/mol. The van der Waals surface area contributed by atoms with E-state index < -0.39 is 30.2 Å². The van der Waals surface area contributed by atoms with Crippen LogP contribution >= 0.6 is 34.0 Å². The second-order valence-corrected chi connectivity index (χ2v) is 10.8. The lowest BCUT2D eigenvalue weighted by atomic mass is 10.4. The van der Waals surface area contributed by atoms with E-state index in [0.717, 1.165) is 38.9 Å². The van der Waals surface area contributed by atoms with E-state index in [1.807, 2.05) is 0 Å². The molecule has 4 aromatic heterocycles. The normalized spacial score (nSPS) is 10.1. The summed E-state index contributed by atoms with van der Waals surface area (Å²) in [5.74, 6) is -2.75. The first-order chi connectivity index (χ1) is 20.5. The molecule has 0 aliphatic carbocycles. The summed E-state index contributed by atoms with van der Waals surface area (Å²) in [6.07, 6.45) is 2.49. The Kier molecular flexibility index (Phi) is 14.2. The van der Waals surface area contributed by atoms with Crippen LogP contribution in [0.1, 0.15) is 48.4 Å². The Morgan fingerprint density at radius 2 is 1.26 bits per heavy atom. The van der Waals surface area contributed by atoms with Crippen LogP contribution in [0.4, 0.5) is 0 Å². The lowest BCUT2D eigenvalue weighted by Gasteiger charge is -2.13.